The van der Waals surface area contributed by atoms with Crippen molar-refractivity contribution in [2.24, 2.45) is 0 Å². The Morgan fingerprint density at radius 2 is 1.85 bits per heavy atom. The van der Waals surface area contributed by atoms with Gasteiger partial charge in [0, 0.05) is 55.6 Å². The van der Waals surface area contributed by atoms with Crippen LogP contribution in [0.15, 0.2) is 6.33 Å². The first kappa shape index (κ1) is 19.5. The number of hydrogen-bond acceptors (Lipinski definition) is 6. The first-order valence-electron chi connectivity index (χ1n) is 10.1. The maximum atomic E-state index is 9.63. The molecule has 0 aliphatic carbocycles. The van der Waals surface area contributed by atoms with Crippen molar-refractivity contribution in [3.63, 3.8) is 0 Å². The Bertz CT molecular complexity index is 586. The number of aliphatic hydroxyl groups is 1. The highest BCUT2D eigenvalue weighted by Gasteiger charge is 2.34. The standard InChI is InChI=1S/C20H35N5O/c1-15(2)23-8-5-18(6-9-23)25-11-10-24(13-19(25)7-12-26)20-16(3)17(4)21-14-22-20/h14-15,18-19,26H,5-13H2,1-4H3. The molecule has 26 heavy (non-hydrogen) atoms. The molecule has 2 aliphatic heterocycles. The van der Waals surface area contributed by atoms with Crippen molar-refractivity contribution in [1.29, 1.82) is 0 Å². The fraction of sp³-hybridized carbons (Fsp3) is 0.800. The van der Waals surface area contributed by atoms with Crippen molar-refractivity contribution in [3.8, 4) is 0 Å². The van der Waals surface area contributed by atoms with Gasteiger partial charge in [-0.05, 0) is 60.0 Å². The third kappa shape index (κ3) is 4.18. The van der Waals surface area contributed by atoms with E-state index in [1.54, 1.807) is 6.33 Å². The van der Waals surface area contributed by atoms with Crippen LogP contribution < -0.4 is 4.90 Å². The Kier molecular flexibility index (Phi) is 6.48. The lowest BCUT2D eigenvalue weighted by Gasteiger charge is -2.48. The quantitative estimate of drug-likeness (QED) is 0.864. The lowest BCUT2D eigenvalue weighted by Crippen LogP contribution is -2.59. The molecule has 6 heteroatoms. The minimum atomic E-state index is 0.252. The molecule has 1 atom stereocenters. The SMILES string of the molecule is Cc1ncnc(N2CCN(C3CCN(C(C)C)CC3)C(CCO)C2)c1C. The van der Waals surface area contributed by atoms with Crippen LogP contribution in [0.3, 0.4) is 0 Å². The van der Waals surface area contributed by atoms with Crippen LogP contribution in [0.2, 0.25) is 0 Å². The molecule has 0 spiro atoms. The minimum absolute atomic E-state index is 0.252. The van der Waals surface area contributed by atoms with E-state index in [2.05, 4.69) is 45.4 Å². The molecular weight excluding hydrogens is 326 g/mol. The van der Waals surface area contributed by atoms with E-state index in [4.69, 9.17) is 0 Å². The fourth-order valence-corrected chi connectivity index (χ4v) is 4.53. The number of nitrogens with zero attached hydrogens (tertiary/aromatic N) is 5. The molecule has 1 unspecified atom stereocenters. The maximum Gasteiger partial charge on any atom is 0.135 e. The summed E-state index contributed by atoms with van der Waals surface area (Å²) < 4.78 is 0. The number of aryl methyl sites for hydroxylation is 1. The molecule has 146 valence electrons. The van der Waals surface area contributed by atoms with Crippen LogP contribution in [-0.4, -0.2) is 82.3 Å². The molecule has 2 aliphatic rings. The Labute approximate surface area is 158 Å². The molecule has 3 rings (SSSR count). The molecule has 0 saturated carbocycles. The minimum Gasteiger partial charge on any atom is -0.396 e. The number of hydrogen-bond donors (Lipinski definition) is 1. The van der Waals surface area contributed by atoms with Crippen molar-refractivity contribution >= 4 is 5.82 Å². The van der Waals surface area contributed by atoms with Crippen LogP contribution in [-0.2, 0) is 0 Å². The highest BCUT2D eigenvalue weighted by Crippen LogP contribution is 2.27. The number of piperazine rings is 1. The van der Waals surface area contributed by atoms with Gasteiger partial charge in [0.2, 0.25) is 0 Å². The molecule has 0 radical (unpaired) electrons. The molecule has 1 aromatic rings. The van der Waals surface area contributed by atoms with Crippen LogP contribution in [0.25, 0.3) is 0 Å². The zero-order chi connectivity index (χ0) is 18.7. The predicted molar refractivity (Wildman–Crippen MR) is 106 cm³/mol. The first-order chi connectivity index (χ1) is 12.5. The summed E-state index contributed by atoms with van der Waals surface area (Å²) >= 11 is 0. The fourth-order valence-electron chi connectivity index (χ4n) is 4.53. The zero-order valence-corrected chi connectivity index (χ0v) is 16.9. The molecular formula is C20H35N5O. The van der Waals surface area contributed by atoms with E-state index < -0.39 is 0 Å². The second kappa shape index (κ2) is 8.63. The Morgan fingerprint density at radius 3 is 2.50 bits per heavy atom. The molecule has 0 amide bonds. The van der Waals surface area contributed by atoms with Gasteiger partial charge in [-0.15, -0.1) is 0 Å². The van der Waals surface area contributed by atoms with Gasteiger partial charge in [-0.2, -0.15) is 0 Å². The van der Waals surface area contributed by atoms with Crippen molar-refractivity contribution in [3.05, 3.63) is 17.6 Å². The van der Waals surface area contributed by atoms with Crippen LogP contribution in [0, 0.1) is 13.8 Å². The van der Waals surface area contributed by atoms with Crippen molar-refractivity contribution in [1.82, 2.24) is 19.8 Å². The number of rotatable bonds is 5. The second-order valence-electron chi connectivity index (χ2n) is 8.12. The van der Waals surface area contributed by atoms with Crippen LogP contribution in [0.1, 0.15) is 44.4 Å². The van der Waals surface area contributed by atoms with Gasteiger partial charge >= 0.3 is 0 Å². The average molecular weight is 362 g/mol. The molecule has 1 aromatic heterocycles. The maximum absolute atomic E-state index is 9.63. The van der Waals surface area contributed by atoms with Gasteiger partial charge in [-0.3, -0.25) is 4.90 Å². The third-order valence-corrected chi connectivity index (χ3v) is 6.30. The van der Waals surface area contributed by atoms with Gasteiger partial charge in [-0.25, -0.2) is 9.97 Å². The van der Waals surface area contributed by atoms with Gasteiger partial charge in [0.1, 0.15) is 12.1 Å². The molecule has 6 nitrogen and oxygen atoms in total. The van der Waals surface area contributed by atoms with Crippen molar-refractivity contribution in [2.45, 2.75) is 65.1 Å². The molecule has 2 fully saturated rings. The van der Waals surface area contributed by atoms with E-state index in [0.717, 1.165) is 37.6 Å². The Hall–Kier alpha value is -1.24. The average Bonchev–Trinajstić information content (AvgIpc) is 2.64. The molecule has 1 N–H and O–H groups in total. The van der Waals surface area contributed by atoms with Crippen molar-refractivity contribution in [2.75, 3.05) is 44.2 Å². The molecule has 0 aromatic carbocycles. The summed E-state index contributed by atoms with van der Waals surface area (Å²) in [5.41, 5.74) is 2.23. The first-order valence-corrected chi connectivity index (χ1v) is 10.1. The summed E-state index contributed by atoms with van der Waals surface area (Å²) in [5.74, 6) is 1.06. The molecule has 2 saturated heterocycles. The van der Waals surface area contributed by atoms with Gasteiger partial charge in [0.05, 0.1) is 0 Å². The number of aromatic nitrogens is 2. The largest absolute Gasteiger partial charge is 0.396 e. The summed E-state index contributed by atoms with van der Waals surface area (Å²) in [6.45, 7) is 14.4. The summed E-state index contributed by atoms with van der Waals surface area (Å²) in [4.78, 5) is 16.5. The van der Waals surface area contributed by atoms with E-state index in [1.807, 2.05) is 6.92 Å². The van der Waals surface area contributed by atoms with Gasteiger partial charge in [-0.1, -0.05) is 0 Å². The summed E-state index contributed by atoms with van der Waals surface area (Å²) in [5, 5.41) is 9.63. The lowest BCUT2D eigenvalue weighted by atomic mass is 9.97. The van der Waals surface area contributed by atoms with E-state index in [-0.39, 0.29) is 6.61 Å². The zero-order valence-electron chi connectivity index (χ0n) is 16.9. The smallest absolute Gasteiger partial charge is 0.135 e. The van der Waals surface area contributed by atoms with Gasteiger partial charge < -0.3 is 14.9 Å². The Balaban J connectivity index is 1.68. The normalized spacial score (nSPS) is 23.8. The van der Waals surface area contributed by atoms with Gasteiger partial charge in [0.25, 0.3) is 0 Å². The van der Waals surface area contributed by atoms with E-state index >= 15 is 0 Å². The summed E-state index contributed by atoms with van der Waals surface area (Å²) in [6, 6.07) is 1.70. The molecule has 0 bridgehead atoms. The van der Waals surface area contributed by atoms with E-state index in [0.29, 0.717) is 18.1 Å². The second-order valence-corrected chi connectivity index (χ2v) is 8.12. The molecule has 3 heterocycles. The number of piperidine rings is 1. The highest BCUT2D eigenvalue weighted by atomic mass is 16.3. The highest BCUT2D eigenvalue weighted by molar-refractivity contribution is 5.48. The predicted octanol–water partition coefficient (Wildman–Crippen LogP) is 1.84. The number of likely N-dealkylation sites (tertiary alicyclic amines) is 1. The number of anilines is 1. The van der Waals surface area contributed by atoms with Gasteiger partial charge in [0.15, 0.2) is 0 Å². The van der Waals surface area contributed by atoms with E-state index in [9.17, 15) is 5.11 Å². The van der Waals surface area contributed by atoms with Crippen LogP contribution >= 0.6 is 0 Å². The number of aliphatic hydroxyl groups excluding tert-OH is 1. The van der Waals surface area contributed by atoms with E-state index in [1.165, 1.54) is 31.5 Å². The monoisotopic (exact) mass is 361 g/mol. The van der Waals surface area contributed by atoms with Crippen LogP contribution in [0.4, 0.5) is 5.82 Å². The third-order valence-electron chi connectivity index (χ3n) is 6.30. The summed E-state index contributed by atoms with van der Waals surface area (Å²) in [6.07, 6.45) is 4.99. The lowest BCUT2D eigenvalue weighted by molar-refractivity contribution is 0.0462. The summed E-state index contributed by atoms with van der Waals surface area (Å²) in [7, 11) is 0. The topological polar surface area (TPSA) is 55.7 Å². The van der Waals surface area contributed by atoms with Crippen LogP contribution in [0.5, 0.6) is 0 Å². The Morgan fingerprint density at radius 1 is 1.12 bits per heavy atom. The van der Waals surface area contributed by atoms with Crippen molar-refractivity contribution < 1.29 is 5.11 Å².